The number of imidazole rings is 1. The van der Waals surface area contributed by atoms with E-state index in [0.717, 1.165) is 23.1 Å². The fourth-order valence-corrected chi connectivity index (χ4v) is 3.40. The lowest BCUT2D eigenvalue weighted by atomic mass is 10.1. The van der Waals surface area contributed by atoms with Crippen LogP contribution < -0.4 is 4.74 Å². The molecule has 1 saturated heterocycles. The minimum absolute atomic E-state index is 0.115. The topological polar surface area (TPSA) is 76.3 Å². The van der Waals surface area contributed by atoms with Crippen LogP contribution in [0.3, 0.4) is 0 Å². The quantitative estimate of drug-likeness (QED) is 0.723. The fourth-order valence-electron chi connectivity index (χ4n) is 3.40. The van der Waals surface area contributed by atoms with Crippen molar-refractivity contribution in [3.8, 4) is 22.6 Å². The van der Waals surface area contributed by atoms with E-state index in [1.807, 2.05) is 49.6 Å². The van der Waals surface area contributed by atoms with Gasteiger partial charge in [-0.15, -0.1) is 0 Å². The Balaban J connectivity index is 1.54. The van der Waals surface area contributed by atoms with Gasteiger partial charge in [-0.1, -0.05) is 12.1 Å². The minimum Gasteiger partial charge on any atom is -0.508 e. The number of aromatic nitrogens is 2. The molecule has 3 heterocycles. The van der Waals surface area contributed by atoms with Crippen molar-refractivity contribution < 1.29 is 19.4 Å². The first-order valence-electron chi connectivity index (χ1n) is 9.68. The molecule has 7 nitrogen and oxygen atoms in total. The second kappa shape index (κ2) is 7.31. The number of carbonyl (C=O) groups excluding carboxylic acids is 1. The van der Waals surface area contributed by atoms with Gasteiger partial charge in [-0.25, -0.2) is 9.78 Å². The van der Waals surface area contributed by atoms with Crippen molar-refractivity contribution in [2.45, 2.75) is 38.9 Å². The molecule has 1 atom stereocenters. The SMILES string of the molecule is CC(C)(C)OC(=O)N1CC[C@H](Oc2cc(-c3ccc(O)cc3)cn3cncc23)C1. The summed E-state index contributed by atoms with van der Waals surface area (Å²) in [6, 6.07) is 9.00. The summed E-state index contributed by atoms with van der Waals surface area (Å²) in [6.45, 7) is 6.67. The molecule has 4 rings (SSSR count). The molecule has 1 N–H and O–H groups in total. The summed E-state index contributed by atoms with van der Waals surface area (Å²) >= 11 is 0. The fraction of sp³-hybridized carbons (Fsp3) is 0.364. The van der Waals surface area contributed by atoms with Crippen molar-refractivity contribution in [3.05, 3.63) is 49.1 Å². The average Bonchev–Trinajstić information content (AvgIpc) is 3.30. The monoisotopic (exact) mass is 395 g/mol. The zero-order valence-electron chi connectivity index (χ0n) is 16.8. The second-order valence-corrected chi connectivity index (χ2v) is 8.28. The number of aromatic hydroxyl groups is 1. The van der Waals surface area contributed by atoms with E-state index in [4.69, 9.17) is 9.47 Å². The summed E-state index contributed by atoms with van der Waals surface area (Å²) in [5, 5.41) is 9.54. The molecule has 0 aliphatic carbocycles. The molecule has 152 valence electrons. The number of phenolic OH excluding ortho intramolecular Hbond substituents is 1. The van der Waals surface area contributed by atoms with Crippen LogP contribution in [0, 0.1) is 0 Å². The minimum atomic E-state index is -0.516. The number of pyridine rings is 1. The van der Waals surface area contributed by atoms with E-state index in [2.05, 4.69) is 4.98 Å². The van der Waals surface area contributed by atoms with E-state index in [9.17, 15) is 9.90 Å². The maximum Gasteiger partial charge on any atom is 0.410 e. The smallest absolute Gasteiger partial charge is 0.410 e. The Morgan fingerprint density at radius 1 is 1.21 bits per heavy atom. The zero-order chi connectivity index (χ0) is 20.6. The van der Waals surface area contributed by atoms with Gasteiger partial charge in [0.1, 0.15) is 28.7 Å². The van der Waals surface area contributed by atoms with Gasteiger partial charge in [0.2, 0.25) is 0 Å². The molecule has 1 fully saturated rings. The van der Waals surface area contributed by atoms with Crippen LogP contribution in [-0.4, -0.2) is 50.3 Å². The van der Waals surface area contributed by atoms with E-state index in [1.165, 1.54) is 0 Å². The molecule has 2 aromatic heterocycles. The Hall–Kier alpha value is -3.22. The summed E-state index contributed by atoms with van der Waals surface area (Å²) in [5.74, 6) is 0.936. The Labute approximate surface area is 169 Å². The maximum atomic E-state index is 12.3. The summed E-state index contributed by atoms with van der Waals surface area (Å²) < 4.78 is 13.7. The molecule has 0 bridgehead atoms. The van der Waals surface area contributed by atoms with Crippen LogP contribution in [0.15, 0.2) is 49.1 Å². The van der Waals surface area contributed by atoms with E-state index in [-0.39, 0.29) is 17.9 Å². The number of hydrogen-bond acceptors (Lipinski definition) is 5. The van der Waals surface area contributed by atoms with Gasteiger partial charge >= 0.3 is 6.09 Å². The highest BCUT2D eigenvalue weighted by Gasteiger charge is 2.31. The largest absolute Gasteiger partial charge is 0.508 e. The first kappa shape index (κ1) is 19.1. The first-order valence-corrected chi connectivity index (χ1v) is 9.68. The zero-order valence-corrected chi connectivity index (χ0v) is 16.8. The third-order valence-electron chi connectivity index (χ3n) is 4.77. The van der Waals surface area contributed by atoms with Gasteiger partial charge in [0, 0.05) is 24.7 Å². The van der Waals surface area contributed by atoms with Crippen LogP contribution in [0.2, 0.25) is 0 Å². The van der Waals surface area contributed by atoms with E-state index in [1.54, 1.807) is 29.6 Å². The first-order chi connectivity index (χ1) is 13.8. The third-order valence-corrected chi connectivity index (χ3v) is 4.77. The molecule has 0 unspecified atom stereocenters. The summed E-state index contributed by atoms with van der Waals surface area (Å²) in [5.41, 5.74) is 2.26. The number of ether oxygens (including phenoxy) is 2. The molecule has 1 aliphatic heterocycles. The highest BCUT2D eigenvalue weighted by Crippen LogP contribution is 2.31. The number of carbonyl (C=O) groups is 1. The Kier molecular flexibility index (Phi) is 4.82. The highest BCUT2D eigenvalue weighted by molar-refractivity contribution is 5.71. The number of likely N-dealkylation sites (tertiary alicyclic amines) is 1. The second-order valence-electron chi connectivity index (χ2n) is 8.28. The van der Waals surface area contributed by atoms with Gasteiger partial charge < -0.3 is 23.9 Å². The van der Waals surface area contributed by atoms with Crippen LogP contribution in [0.1, 0.15) is 27.2 Å². The highest BCUT2D eigenvalue weighted by atomic mass is 16.6. The van der Waals surface area contributed by atoms with Crippen LogP contribution in [0.5, 0.6) is 11.5 Å². The Morgan fingerprint density at radius 2 is 1.97 bits per heavy atom. The number of benzene rings is 1. The van der Waals surface area contributed by atoms with E-state index in [0.29, 0.717) is 18.8 Å². The van der Waals surface area contributed by atoms with Crippen molar-refractivity contribution in [1.29, 1.82) is 0 Å². The maximum absolute atomic E-state index is 12.3. The van der Waals surface area contributed by atoms with Crippen LogP contribution in [-0.2, 0) is 4.74 Å². The predicted molar refractivity (Wildman–Crippen MR) is 109 cm³/mol. The van der Waals surface area contributed by atoms with Gasteiger partial charge in [-0.3, -0.25) is 0 Å². The lowest BCUT2D eigenvalue weighted by Crippen LogP contribution is -2.36. The third kappa shape index (κ3) is 4.29. The van der Waals surface area contributed by atoms with E-state index >= 15 is 0 Å². The summed E-state index contributed by atoms with van der Waals surface area (Å²) in [7, 11) is 0. The Morgan fingerprint density at radius 3 is 2.69 bits per heavy atom. The average molecular weight is 395 g/mol. The molecule has 29 heavy (non-hydrogen) atoms. The molecule has 1 aromatic carbocycles. The van der Waals surface area contributed by atoms with Crippen molar-refractivity contribution in [2.24, 2.45) is 0 Å². The molecule has 0 saturated carbocycles. The van der Waals surface area contributed by atoms with Crippen LogP contribution in [0.25, 0.3) is 16.6 Å². The van der Waals surface area contributed by atoms with Crippen molar-refractivity contribution in [3.63, 3.8) is 0 Å². The number of phenols is 1. The van der Waals surface area contributed by atoms with Crippen LogP contribution in [0.4, 0.5) is 4.79 Å². The standard InChI is InChI=1S/C22H25N3O4/c1-22(2,3)29-21(27)24-9-8-18(13-24)28-20-10-16(12-25-14-23-11-19(20)25)15-4-6-17(26)7-5-15/h4-7,10-12,14,18,26H,8-9,13H2,1-3H3/t18-/m0/s1. The molecular weight excluding hydrogens is 370 g/mol. The number of fused-ring (bicyclic) bond motifs is 1. The predicted octanol–water partition coefficient (Wildman–Crippen LogP) is 4.10. The molecule has 1 amide bonds. The van der Waals surface area contributed by atoms with Crippen molar-refractivity contribution in [1.82, 2.24) is 14.3 Å². The number of rotatable bonds is 3. The van der Waals surface area contributed by atoms with Gasteiger partial charge in [-0.05, 0) is 44.5 Å². The lowest BCUT2D eigenvalue weighted by molar-refractivity contribution is 0.0276. The van der Waals surface area contributed by atoms with Crippen molar-refractivity contribution >= 4 is 11.6 Å². The lowest BCUT2D eigenvalue weighted by Gasteiger charge is -2.24. The molecule has 3 aromatic rings. The van der Waals surface area contributed by atoms with E-state index < -0.39 is 5.60 Å². The van der Waals surface area contributed by atoms with Gasteiger partial charge in [0.05, 0.1) is 19.1 Å². The molecule has 7 heteroatoms. The number of hydrogen-bond donors (Lipinski definition) is 1. The van der Waals surface area contributed by atoms with Crippen molar-refractivity contribution in [2.75, 3.05) is 13.1 Å². The summed E-state index contributed by atoms with van der Waals surface area (Å²) in [4.78, 5) is 18.2. The van der Waals surface area contributed by atoms with Gasteiger partial charge in [-0.2, -0.15) is 0 Å². The molecule has 0 radical (unpaired) electrons. The summed E-state index contributed by atoms with van der Waals surface area (Å²) in [6.07, 6.45) is 5.78. The molecule has 0 spiro atoms. The number of nitrogens with zero attached hydrogens (tertiary/aromatic N) is 3. The molecule has 1 aliphatic rings. The molecular formula is C22H25N3O4. The normalized spacial score (nSPS) is 16.9. The van der Waals surface area contributed by atoms with Crippen LogP contribution >= 0.6 is 0 Å². The van der Waals surface area contributed by atoms with Gasteiger partial charge in [0.25, 0.3) is 0 Å². The Bertz CT molecular complexity index is 1020. The number of amides is 1. The van der Waals surface area contributed by atoms with Gasteiger partial charge in [0.15, 0.2) is 0 Å².